The predicted molar refractivity (Wildman–Crippen MR) is 84.1 cm³/mol. The van der Waals surface area contributed by atoms with Gasteiger partial charge >= 0.3 is 0 Å². The Labute approximate surface area is 132 Å². The molecule has 3 rings (SSSR count). The van der Waals surface area contributed by atoms with Crippen molar-refractivity contribution in [1.82, 2.24) is 0 Å². The molecule has 0 bridgehead atoms. The van der Waals surface area contributed by atoms with Crippen LogP contribution < -0.4 is 0 Å². The van der Waals surface area contributed by atoms with Crippen LogP contribution in [-0.4, -0.2) is 22.8 Å². The Morgan fingerprint density at radius 3 is 2.48 bits per heavy atom. The first-order valence-electron chi connectivity index (χ1n) is 7.13. The number of carbonyl (C=O) groups excluding carboxylic acids is 1. The summed E-state index contributed by atoms with van der Waals surface area (Å²) < 4.78 is 0. The van der Waals surface area contributed by atoms with Crippen LogP contribution in [0.3, 0.4) is 0 Å². The Hall–Kier alpha value is -3.02. The molecule has 0 radical (unpaired) electrons. The van der Waals surface area contributed by atoms with Gasteiger partial charge in [0.25, 0.3) is 5.91 Å². The molecule has 0 aliphatic carbocycles. The largest absolute Gasteiger partial charge is 0.508 e. The molecule has 1 amide bonds. The number of hydrogen-bond acceptors (Lipinski definition) is 5. The summed E-state index contributed by atoms with van der Waals surface area (Å²) in [6.45, 7) is 0. The number of nitrogens with zero attached hydrogens (tertiary/aromatic N) is 2. The van der Waals surface area contributed by atoms with Crippen molar-refractivity contribution in [3.63, 3.8) is 0 Å². The number of phenols is 1. The third-order valence-corrected chi connectivity index (χ3v) is 3.75. The molecule has 23 heavy (non-hydrogen) atoms. The summed E-state index contributed by atoms with van der Waals surface area (Å²) in [5.74, 6) is -0.897. The van der Waals surface area contributed by atoms with E-state index < -0.39 is 12.0 Å². The third kappa shape index (κ3) is 3.11. The maximum absolute atomic E-state index is 11.4. The van der Waals surface area contributed by atoms with Crippen LogP contribution in [0.25, 0.3) is 0 Å². The van der Waals surface area contributed by atoms with Gasteiger partial charge in [-0.1, -0.05) is 35.5 Å². The van der Waals surface area contributed by atoms with Gasteiger partial charge in [0.05, 0.1) is 18.1 Å². The fourth-order valence-corrected chi connectivity index (χ4v) is 2.68. The molecule has 0 spiro atoms. The number of oxime groups is 1. The van der Waals surface area contributed by atoms with Gasteiger partial charge in [0, 0.05) is 10.7 Å². The number of phenolic OH excluding ortho intramolecular Hbond substituents is 1. The normalized spacial score (nSPS) is 19.7. The van der Waals surface area contributed by atoms with Crippen LogP contribution in [0.15, 0.2) is 64.9 Å². The molecule has 2 atom stereocenters. The topological polar surface area (TPSA) is 88.3 Å². The molecule has 0 saturated carbocycles. The van der Waals surface area contributed by atoms with E-state index in [0.29, 0.717) is 5.71 Å². The number of nitroso groups, excluding NO2 is 1. The van der Waals surface area contributed by atoms with Crippen molar-refractivity contribution >= 4 is 11.6 Å². The average Bonchev–Trinajstić information content (AvgIpc) is 2.99. The Kier molecular flexibility index (Phi) is 4.14. The van der Waals surface area contributed by atoms with Gasteiger partial charge < -0.3 is 9.94 Å². The Bertz CT molecular complexity index is 741. The minimum atomic E-state index is -0.766. The van der Waals surface area contributed by atoms with E-state index in [0.717, 1.165) is 11.1 Å². The lowest BCUT2D eigenvalue weighted by Gasteiger charge is -2.18. The maximum atomic E-state index is 11.4. The van der Waals surface area contributed by atoms with Crippen LogP contribution in [0.1, 0.15) is 23.5 Å². The first-order valence-corrected chi connectivity index (χ1v) is 7.13. The van der Waals surface area contributed by atoms with Gasteiger partial charge in [0.15, 0.2) is 0 Å². The van der Waals surface area contributed by atoms with Crippen molar-refractivity contribution < 1.29 is 14.7 Å². The van der Waals surface area contributed by atoms with Gasteiger partial charge in [0.1, 0.15) is 11.9 Å². The van der Waals surface area contributed by atoms with E-state index in [2.05, 4.69) is 10.3 Å². The molecule has 116 valence electrons. The first kappa shape index (κ1) is 14.9. The van der Waals surface area contributed by atoms with E-state index in [4.69, 9.17) is 4.84 Å². The summed E-state index contributed by atoms with van der Waals surface area (Å²) in [5.41, 5.74) is 2.37. The highest BCUT2D eigenvalue weighted by atomic mass is 16.6. The molecule has 0 aromatic heterocycles. The van der Waals surface area contributed by atoms with E-state index in [1.54, 1.807) is 24.3 Å². The van der Waals surface area contributed by atoms with Crippen LogP contribution in [0.4, 0.5) is 0 Å². The Morgan fingerprint density at radius 1 is 1.13 bits per heavy atom. The standard InChI is InChI=1S/C17H14N2O4/c20-13-8-6-12(7-9-13)17-16(11-4-2-1-3-5-11)14(23-19-17)10-15(21)18-22/h1-9,14,16,20H,10H2. The number of aromatic hydroxyl groups is 1. The molecular weight excluding hydrogens is 296 g/mol. The highest BCUT2D eigenvalue weighted by molar-refractivity contribution is 6.06. The summed E-state index contributed by atoms with van der Waals surface area (Å²) in [7, 11) is 0. The molecule has 2 aromatic rings. The second kappa shape index (κ2) is 6.39. The van der Waals surface area contributed by atoms with Gasteiger partial charge in [-0.3, -0.25) is 4.79 Å². The predicted octanol–water partition coefficient (Wildman–Crippen LogP) is 2.96. The molecule has 6 heteroatoms. The lowest BCUT2D eigenvalue weighted by atomic mass is 9.85. The summed E-state index contributed by atoms with van der Waals surface area (Å²) in [6, 6.07) is 16.1. The first-order chi connectivity index (χ1) is 11.2. The van der Waals surface area contributed by atoms with Gasteiger partial charge in [-0.15, -0.1) is 4.91 Å². The molecule has 0 fully saturated rings. The van der Waals surface area contributed by atoms with Gasteiger partial charge in [-0.25, -0.2) is 0 Å². The summed E-state index contributed by atoms with van der Waals surface area (Å²) >= 11 is 0. The lowest BCUT2D eigenvalue weighted by Crippen LogP contribution is -2.24. The molecule has 1 N–H and O–H groups in total. The molecule has 2 unspecified atom stereocenters. The fourth-order valence-electron chi connectivity index (χ4n) is 2.68. The third-order valence-electron chi connectivity index (χ3n) is 3.75. The molecule has 2 aromatic carbocycles. The van der Waals surface area contributed by atoms with E-state index in [-0.39, 0.29) is 18.1 Å². The quantitative estimate of drug-likeness (QED) is 0.879. The van der Waals surface area contributed by atoms with Gasteiger partial charge in [-0.05, 0) is 29.8 Å². The zero-order valence-electron chi connectivity index (χ0n) is 12.1. The highest BCUT2D eigenvalue weighted by Crippen LogP contribution is 2.34. The van der Waals surface area contributed by atoms with Crippen molar-refractivity contribution in [1.29, 1.82) is 0 Å². The number of amides is 1. The summed E-state index contributed by atoms with van der Waals surface area (Å²) in [6.07, 6.45) is -0.708. The van der Waals surface area contributed by atoms with Crippen molar-refractivity contribution in [2.75, 3.05) is 0 Å². The number of hydrogen-bond donors (Lipinski definition) is 1. The van der Waals surface area contributed by atoms with Crippen LogP contribution in [0.2, 0.25) is 0 Å². The minimum absolute atomic E-state index is 0.131. The van der Waals surface area contributed by atoms with E-state index in [1.165, 1.54) is 0 Å². The van der Waals surface area contributed by atoms with Crippen LogP contribution in [0, 0.1) is 4.91 Å². The van der Waals surface area contributed by atoms with Gasteiger partial charge in [0.2, 0.25) is 0 Å². The summed E-state index contributed by atoms with van der Waals surface area (Å²) in [4.78, 5) is 27.2. The molecular formula is C17H14N2O4. The lowest BCUT2D eigenvalue weighted by molar-refractivity contribution is -0.120. The Morgan fingerprint density at radius 2 is 1.83 bits per heavy atom. The fraction of sp³-hybridized carbons (Fsp3) is 0.176. The van der Waals surface area contributed by atoms with Crippen molar-refractivity contribution in [3.05, 3.63) is 70.6 Å². The SMILES string of the molecule is O=NC(=O)CC1ON=C(c2ccc(O)cc2)C1c1ccccc1. The van der Waals surface area contributed by atoms with Crippen LogP contribution >= 0.6 is 0 Å². The second-order valence-corrected chi connectivity index (χ2v) is 5.24. The molecule has 1 aliphatic rings. The Balaban J connectivity index is 1.96. The zero-order chi connectivity index (χ0) is 16.2. The molecule has 1 aliphatic heterocycles. The van der Waals surface area contributed by atoms with Crippen molar-refractivity contribution in [3.8, 4) is 5.75 Å². The van der Waals surface area contributed by atoms with Gasteiger partial charge in [-0.2, -0.15) is 0 Å². The molecule has 1 heterocycles. The second-order valence-electron chi connectivity index (χ2n) is 5.24. The molecule has 6 nitrogen and oxygen atoms in total. The monoisotopic (exact) mass is 310 g/mol. The van der Waals surface area contributed by atoms with E-state index in [9.17, 15) is 14.8 Å². The summed E-state index contributed by atoms with van der Waals surface area (Å²) in [5, 5.41) is 16.0. The van der Waals surface area contributed by atoms with E-state index >= 15 is 0 Å². The van der Waals surface area contributed by atoms with Crippen molar-refractivity contribution in [2.45, 2.75) is 18.4 Å². The van der Waals surface area contributed by atoms with Crippen molar-refractivity contribution in [2.24, 2.45) is 10.3 Å². The zero-order valence-corrected chi connectivity index (χ0v) is 12.1. The highest BCUT2D eigenvalue weighted by Gasteiger charge is 2.37. The number of rotatable bonds is 4. The van der Waals surface area contributed by atoms with Crippen LogP contribution in [0.5, 0.6) is 5.75 Å². The minimum Gasteiger partial charge on any atom is -0.508 e. The van der Waals surface area contributed by atoms with E-state index in [1.807, 2.05) is 30.3 Å². The molecule has 0 saturated heterocycles. The maximum Gasteiger partial charge on any atom is 0.290 e. The average molecular weight is 310 g/mol. The smallest absolute Gasteiger partial charge is 0.290 e. The number of carbonyl (C=O) groups is 1. The number of benzene rings is 2. The van der Waals surface area contributed by atoms with Crippen LogP contribution in [-0.2, 0) is 9.63 Å².